The van der Waals surface area contributed by atoms with Crippen LogP contribution in [0.25, 0.3) is 0 Å². The Bertz CT molecular complexity index is 441. The monoisotopic (exact) mass is 280 g/mol. The first kappa shape index (κ1) is 15.5. The molecule has 2 heterocycles. The van der Waals surface area contributed by atoms with Gasteiger partial charge in [-0.3, -0.25) is 4.90 Å². The normalized spacial score (nSPS) is 21.4. The topological polar surface area (TPSA) is 33.5 Å². The molecule has 20 heavy (non-hydrogen) atoms. The van der Waals surface area contributed by atoms with E-state index in [9.17, 15) is 0 Å². The number of ether oxygens (including phenoxy) is 1. The average molecular weight is 280 g/mol. The van der Waals surface area contributed by atoms with Gasteiger partial charge in [-0.15, -0.1) is 0 Å². The molecule has 0 spiro atoms. The molecule has 0 N–H and O–H groups in total. The van der Waals surface area contributed by atoms with Crippen molar-refractivity contribution in [3.05, 3.63) is 17.2 Å². The summed E-state index contributed by atoms with van der Waals surface area (Å²) >= 11 is 0. The lowest BCUT2D eigenvalue weighted by atomic mass is 10.1. The Balaban J connectivity index is 2.01. The minimum absolute atomic E-state index is 0.579. The number of aryl methyl sites for hydroxylation is 1. The molecule has 5 nitrogen and oxygen atoms in total. The summed E-state index contributed by atoms with van der Waals surface area (Å²) in [5.41, 5.74) is 2.40. The second-order valence-electron chi connectivity index (χ2n) is 6.20. The van der Waals surface area contributed by atoms with Gasteiger partial charge in [-0.2, -0.15) is 0 Å². The van der Waals surface area contributed by atoms with Gasteiger partial charge in [0.25, 0.3) is 0 Å². The van der Waals surface area contributed by atoms with Gasteiger partial charge in [0.2, 0.25) is 0 Å². The van der Waals surface area contributed by atoms with Crippen LogP contribution in [0.5, 0.6) is 0 Å². The van der Waals surface area contributed by atoms with Crippen molar-refractivity contribution in [2.75, 3.05) is 46.9 Å². The van der Waals surface area contributed by atoms with Crippen molar-refractivity contribution >= 4 is 0 Å². The minimum Gasteiger partial charge on any atom is -0.380 e. The second kappa shape index (κ2) is 6.70. The van der Waals surface area contributed by atoms with Crippen LogP contribution in [-0.2, 0) is 18.3 Å². The fourth-order valence-electron chi connectivity index (χ4n) is 2.85. The molecule has 0 bridgehead atoms. The molecule has 0 aromatic carbocycles. The molecule has 0 saturated carbocycles. The van der Waals surface area contributed by atoms with E-state index in [-0.39, 0.29) is 0 Å². The number of rotatable bonds is 4. The number of imidazole rings is 1. The second-order valence-corrected chi connectivity index (χ2v) is 6.20. The highest BCUT2D eigenvalue weighted by molar-refractivity contribution is 5.13. The maximum absolute atomic E-state index is 5.74. The van der Waals surface area contributed by atoms with Crippen LogP contribution in [-0.4, -0.2) is 66.3 Å². The van der Waals surface area contributed by atoms with Crippen LogP contribution < -0.4 is 0 Å². The predicted octanol–water partition coefficient (Wildman–Crippen LogP) is 1.05. The van der Waals surface area contributed by atoms with Crippen LogP contribution in [0, 0.1) is 19.8 Å². The summed E-state index contributed by atoms with van der Waals surface area (Å²) in [4.78, 5) is 9.41. The zero-order chi connectivity index (χ0) is 14.7. The van der Waals surface area contributed by atoms with Gasteiger partial charge in [0.05, 0.1) is 25.5 Å². The zero-order valence-electron chi connectivity index (χ0n) is 13.5. The number of hydrogen-bond acceptors (Lipinski definition) is 4. The maximum Gasteiger partial charge on any atom is 0.123 e. The molecular weight excluding hydrogens is 252 g/mol. The largest absolute Gasteiger partial charge is 0.380 e. The number of nitrogens with zero attached hydrogens (tertiary/aromatic N) is 4. The molecule has 0 unspecified atom stereocenters. The van der Waals surface area contributed by atoms with Crippen molar-refractivity contribution in [1.29, 1.82) is 0 Å². The molecule has 0 aliphatic carbocycles. The summed E-state index contributed by atoms with van der Waals surface area (Å²) in [6.07, 6.45) is 0. The quantitative estimate of drug-likeness (QED) is 0.825. The summed E-state index contributed by atoms with van der Waals surface area (Å²) in [6.45, 7) is 9.98. The molecule has 1 aromatic heterocycles. The van der Waals surface area contributed by atoms with Gasteiger partial charge in [-0.1, -0.05) is 0 Å². The molecule has 1 fully saturated rings. The summed E-state index contributed by atoms with van der Waals surface area (Å²) in [5, 5.41) is 0. The van der Waals surface area contributed by atoms with E-state index in [1.165, 1.54) is 5.69 Å². The first-order valence-corrected chi connectivity index (χ1v) is 7.41. The molecule has 114 valence electrons. The van der Waals surface area contributed by atoms with E-state index >= 15 is 0 Å². The van der Waals surface area contributed by atoms with Crippen molar-refractivity contribution in [2.24, 2.45) is 13.0 Å². The van der Waals surface area contributed by atoms with Crippen LogP contribution in [0.4, 0.5) is 0 Å². The van der Waals surface area contributed by atoms with Crippen LogP contribution in [0.2, 0.25) is 0 Å². The Morgan fingerprint density at radius 1 is 1.35 bits per heavy atom. The van der Waals surface area contributed by atoms with Gasteiger partial charge >= 0.3 is 0 Å². The van der Waals surface area contributed by atoms with E-state index < -0.39 is 0 Å². The van der Waals surface area contributed by atoms with Gasteiger partial charge < -0.3 is 14.2 Å². The van der Waals surface area contributed by atoms with Gasteiger partial charge in [0, 0.05) is 38.3 Å². The van der Waals surface area contributed by atoms with E-state index in [4.69, 9.17) is 9.72 Å². The fraction of sp³-hybridized carbons (Fsp3) is 0.800. The molecule has 1 saturated heterocycles. The Kier molecular flexibility index (Phi) is 5.18. The lowest BCUT2D eigenvalue weighted by Crippen LogP contribution is -2.35. The summed E-state index contributed by atoms with van der Waals surface area (Å²) in [6, 6.07) is 0. The molecule has 5 heteroatoms. The molecule has 1 aliphatic heterocycles. The summed E-state index contributed by atoms with van der Waals surface area (Å²) < 4.78 is 7.95. The maximum atomic E-state index is 5.74. The van der Waals surface area contributed by atoms with Gasteiger partial charge in [0.15, 0.2) is 0 Å². The SMILES string of the molecule is Cc1nc(CN2CCOC[C@H](CN(C)C)C2)n(C)c1C. The Labute approximate surface area is 122 Å². The Hall–Kier alpha value is -0.910. The van der Waals surface area contributed by atoms with Crippen molar-refractivity contribution in [1.82, 2.24) is 19.4 Å². The fourth-order valence-corrected chi connectivity index (χ4v) is 2.85. The molecule has 1 aromatic rings. The first-order valence-electron chi connectivity index (χ1n) is 7.41. The van der Waals surface area contributed by atoms with E-state index in [0.29, 0.717) is 5.92 Å². The number of aromatic nitrogens is 2. The van der Waals surface area contributed by atoms with E-state index in [1.807, 2.05) is 0 Å². The highest BCUT2D eigenvalue weighted by atomic mass is 16.5. The van der Waals surface area contributed by atoms with E-state index in [1.54, 1.807) is 0 Å². The van der Waals surface area contributed by atoms with Crippen molar-refractivity contribution in [3.63, 3.8) is 0 Å². The third-order valence-corrected chi connectivity index (χ3v) is 4.12. The molecule has 0 radical (unpaired) electrons. The van der Waals surface area contributed by atoms with Crippen molar-refractivity contribution in [3.8, 4) is 0 Å². The van der Waals surface area contributed by atoms with Crippen LogP contribution in [0.3, 0.4) is 0 Å². The third-order valence-electron chi connectivity index (χ3n) is 4.12. The molecule has 0 amide bonds. The minimum atomic E-state index is 0.579. The van der Waals surface area contributed by atoms with Gasteiger partial charge in [-0.25, -0.2) is 4.98 Å². The van der Waals surface area contributed by atoms with E-state index in [2.05, 4.69) is 49.4 Å². The van der Waals surface area contributed by atoms with Crippen LogP contribution in [0.1, 0.15) is 17.2 Å². The molecule has 1 atom stereocenters. The smallest absolute Gasteiger partial charge is 0.123 e. The molecular formula is C15H28N4O. The highest BCUT2D eigenvalue weighted by Crippen LogP contribution is 2.14. The number of hydrogen-bond donors (Lipinski definition) is 0. The predicted molar refractivity (Wildman–Crippen MR) is 80.8 cm³/mol. The first-order chi connectivity index (χ1) is 9.47. The van der Waals surface area contributed by atoms with Crippen molar-refractivity contribution in [2.45, 2.75) is 20.4 Å². The average Bonchev–Trinajstić information content (AvgIpc) is 2.58. The summed E-state index contributed by atoms with van der Waals surface area (Å²) in [5.74, 6) is 1.74. The van der Waals surface area contributed by atoms with Gasteiger partial charge in [0.1, 0.15) is 5.82 Å². The third kappa shape index (κ3) is 3.81. The zero-order valence-corrected chi connectivity index (χ0v) is 13.5. The van der Waals surface area contributed by atoms with E-state index in [0.717, 1.165) is 50.9 Å². The lowest BCUT2D eigenvalue weighted by Gasteiger charge is -2.25. The molecule has 2 rings (SSSR count). The van der Waals surface area contributed by atoms with Gasteiger partial charge in [-0.05, 0) is 27.9 Å². The van der Waals surface area contributed by atoms with Crippen LogP contribution >= 0.6 is 0 Å². The lowest BCUT2D eigenvalue weighted by molar-refractivity contribution is 0.112. The Morgan fingerprint density at radius 3 is 2.70 bits per heavy atom. The molecule has 1 aliphatic rings. The Morgan fingerprint density at radius 2 is 2.10 bits per heavy atom. The highest BCUT2D eigenvalue weighted by Gasteiger charge is 2.21. The van der Waals surface area contributed by atoms with Crippen molar-refractivity contribution < 1.29 is 4.74 Å². The van der Waals surface area contributed by atoms with Crippen LogP contribution in [0.15, 0.2) is 0 Å². The standard InChI is InChI=1S/C15H28N4O/c1-12-13(2)18(5)15(16-12)10-19-6-7-20-11-14(9-19)8-17(3)4/h14H,6-11H2,1-5H3/t14-/m1/s1. The summed E-state index contributed by atoms with van der Waals surface area (Å²) in [7, 11) is 6.36.